The summed E-state index contributed by atoms with van der Waals surface area (Å²) in [4.78, 5) is 50.3. The highest BCUT2D eigenvalue weighted by Crippen LogP contribution is 2.34. The van der Waals surface area contributed by atoms with E-state index >= 15 is 0 Å². The number of aromatic nitrogens is 2. The predicted octanol–water partition coefficient (Wildman–Crippen LogP) is 0.858. The van der Waals surface area contributed by atoms with Crippen molar-refractivity contribution in [1.29, 1.82) is 0 Å². The molecule has 0 saturated carbocycles. The molecule has 150 valence electrons. The van der Waals surface area contributed by atoms with Crippen LogP contribution < -0.4 is 5.32 Å². The Balaban J connectivity index is 1.58. The summed E-state index contributed by atoms with van der Waals surface area (Å²) in [6.07, 6.45) is 3.68. The zero-order valence-corrected chi connectivity index (χ0v) is 16.4. The SMILES string of the molecule is Cc1nn(C)c(C)c1NC(=O)[C@H](C)OC(=O)CN1C(=O)[C@H]2CC=CC[C@H]2C1=O. The number of hydrogen-bond donors (Lipinski definition) is 1. The third-order valence-corrected chi connectivity index (χ3v) is 5.32. The molecule has 28 heavy (non-hydrogen) atoms. The van der Waals surface area contributed by atoms with E-state index in [-0.39, 0.29) is 11.8 Å². The average molecular weight is 388 g/mol. The molecule has 9 nitrogen and oxygen atoms in total. The van der Waals surface area contributed by atoms with E-state index < -0.39 is 36.4 Å². The van der Waals surface area contributed by atoms with Crippen molar-refractivity contribution in [2.24, 2.45) is 18.9 Å². The number of imide groups is 1. The van der Waals surface area contributed by atoms with E-state index in [2.05, 4.69) is 10.4 Å². The van der Waals surface area contributed by atoms with Gasteiger partial charge in [0.2, 0.25) is 11.8 Å². The van der Waals surface area contributed by atoms with Crippen molar-refractivity contribution in [3.63, 3.8) is 0 Å². The first-order valence-electron chi connectivity index (χ1n) is 9.21. The zero-order valence-electron chi connectivity index (χ0n) is 16.4. The average Bonchev–Trinajstić information content (AvgIpc) is 3.04. The third kappa shape index (κ3) is 3.56. The fourth-order valence-electron chi connectivity index (χ4n) is 3.62. The monoisotopic (exact) mass is 388 g/mol. The highest BCUT2D eigenvalue weighted by Gasteiger charge is 2.47. The quantitative estimate of drug-likeness (QED) is 0.455. The first-order chi connectivity index (χ1) is 13.2. The minimum atomic E-state index is -1.08. The number of likely N-dealkylation sites (tertiary alicyclic amines) is 1. The number of carbonyl (C=O) groups excluding carboxylic acids is 4. The molecule has 2 heterocycles. The lowest BCUT2D eigenvalue weighted by atomic mass is 9.85. The van der Waals surface area contributed by atoms with Gasteiger partial charge in [0.15, 0.2) is 6.10 Å². The molecule has 0 aromatic carbocycles. The lowest BCUT2D eigenvalue weighted by molar-refractivity contribution is -0.158. The fraction of sp³-hybridized carbons (Fsp3) is 0.526. The molecule has 2 aliphatic rings. The van der Waals surface area contributed by atoms with Crippen LogP contribution in [-0.4, -0.2) is 51.0 Å². The minimum absolute atomic E-state index is 0.352. The second-order valence-electron chi connectivity index (χ2n) is 7.21. The molecule has 0 radical (unpaired) electrons. The Morgan fingerprint density at radius 2 is 1.79 bits per heavy atom. The predicted molar refractivity (Wildman–Crippen MR) is 98.9 cm³/mol. The number of hydrogen-bond acceptors (Lipinski definition) is 6. The number of allylic oxidation sites excluding steroid dienone is 2. The van der Waals surface area contributed by atoms with Crippen molar-refractivity contribution in [3.05, 3.63) is 23.5 Å². The van der Waals surface area contributed by atoms with E-state index in [9.17, 15) is 19.2 Å². The number of rotatable bonds is 5. The number of nitrogens with one attached hydrogen (secondary N) is 1. The van der Waals surface area contributed by atoms with Gasteiger partial charge in [0.1, 0.15) is 6.54 Å². The number of amides is 3. The van der Waals surface area contributed by atoms with Gasteiger partial charge < -0.3 is 10.1 Å². The molecule has 1 aromatic rings. The molecule has 3 amide bonds. The highest BCUT2D eigenvalue weighted by molar-refractivity contribution is 6.07. The van der Waals surface area contributed by atoms with E-state index in [1.165, 1.54) is 6.92 Å². The number of nitrogens with zero attached hydrogens (tertiary/aromatic N) is 3. The van der Waals surface area contributed by atoms with Crippen molar-refractivity contribution in [2.75, 3.05) is 11.9 Å². The number of carbonyl (C=O) groups is 4. The molecule has 3 rings (SSSR count). The summed E-state index contributed by atoms with van der Waals surface area (Å²) >= 11 is 0. The van der Waals surface area contributed by atoms with Gasteiger partial charge in [0.05, 0.1) is 28.9 Å². The van der Waals surface area contributed by atoms with Gasteiger partial charge in [-0.25, -0.2) is 0 Å². The Morgan fingerprint density at radius 3 is 2.29 bits per heavy atom. The Bertz CT molecular complexity index is 846. The van der Waals surface area contributed by atoms with Crippen molar-refractivity contribution < 1.29 is 23.9 Å². The van der Waals surface area contributed by atoms with Crippen LogP contribution in [0.5, 0.6) is 0 Å². The smallest absolute Gasteiger partial charge is 0.326 e. The molecular formula is C19H24N4O5. The van der Waals surface area contributed by atoms with Crippen LogP contribution in [0.4, 0.5) is 5.69 Å². The molecule has 1 saturated heterocycles. The number of fused-ring (bicyclic) bond motifs is 1. The number of aryl methyl sites for hydroxylation is 2. The van der Waals surface area contributed by atoms with Crippen LogP contribution >= 0.6 is 0 Å². The van der Waals surface area contributed by atoms with Crippen LogP contribution in [0.1, 0.15) is 31.2 Å². The Kier molecular flexibility index (Phi) is 5.35. The van der Waals surface area contributed by atoms with Crippen molar-refractivity contribution >= 4 is 29.4 Å². The van der Waals surface area contributed by atoms with Crippen LogP contribution in [0, 0.1) is 25.7 Å². The van der Waals surface area contributed by atoms with E-state index in [1.807, 2.05) is 19.1 Å². The van der Waals surface area contributed by atoms with Gasteiger partial charge in [-0.15, -0.1) is 0 Å². The standard InChI is InChI=1S/C19H24N4O5/c1-10-16(11(2)22(4)21-10)20-17(25)12(3)28-15(24)9-23-18(26)13-7-5-6-8-14(13)19(23)27/h5-6,12-14H,7-9H2,1-4H3,(H,20,25)/t12-,13-,14+/m0/s1. The molecule has 3 atom stereocenters. The van der Waals surface area contributed by atoms with Crippen LogP contribution in [-0.2, 0) is 31.0 Å². The molecule has 1 aliphatic carbocycles. The maximum atomic E-state index is 12.4. The molecule has 0 unspecified atom stereocenters. The third-order valence-electron chi connectivity index (χ3n) is 5.32. The number of anilines is 1. The van der Waals surface area contributed by atoms with Crippen molar-refractivity contribution in [1.82, 2.24) is 14.7 Å². The zero-order chi connectivity index (χ0) is 20.6. The first kappa shape index (κ1) is 19.8. The summed E-state index contributed by atoms with van der Waals surface area (Å²) < 4.78 is 6.78. The molecule has 1 aromatic heterocycles. The summed E-state index contributed by atoms with van der Waals surface area (Å²) in [7, 11) is 1.76. The maximum absolute atomic E-state index is 12.4. The fourth-order valence-corrected chi connectivity index (χ4v) is 3.62. The molecular weight excluding hydrogens is 364 g/mol. The molecule has 1 N–H and O–H groups in total. The molecule has 1 aliphatic heterocycles. The number of esters is 1. The normalized spacial score (nSPS) is 22.2. The number of ether oxygens (including phenoxy) is 1. The first-order valence-corrected chi connectivity index (χ1v) is 9.21. The summed E-state index contributed by atoms with van der Waals surface area (Å²) in [6, 6.07) is 0. The minimum Gasteiger partial charge on any atom is -0.451 e. The molecule has 0 spiro atoms. The Hall–Kier alpha value is -2.97. The van der Waals surface area contributed by atoms with Gasteiger partial charge in [0, 0.05) is 7.05 Å². The van der Waals surface area contributed by atoms with E-state index in [0.29, 0.717) is 24.2 Å². The topological polar surface area (TPSA) is 111 Å². The van der Waals surface area contributed by atoms with E-state index in [0.717, 1.165) is 10.6 Å². The lowest BCUT2D eigenvalue weighted by Gasteiger charge is -2.17. The van der Waals surface area contributed by atoms with Gasteiger partial charge in [-0.1, -0.05) is 12.2 Å². The van der Waals surface area contributed by atoms with Gasteiger partial charge in [-0.3, -0.25) is 28.8 Å². The van der Waals surface area contributed by atoms with Crippen molar-refractivity contribution in [3.8, 4) is 0 Å². The molecule has 9 heteroatoms. The van der Waals surface area contributed by atoms with Gasteiger partial charge in [0.25, 0.3) is 5.91 Å². The van der Waals surface area contributed by atoms with Crippen LogP contribution in [0.25, 0.3) is 0 Å². The van der Waals surface area contributed by atoms with Crippen LogP contribution in [0.2, 0.25) is 0 Å². The van der Waals surface area contributed by atoms with Crippen LogP contribution in [0.3, 0.4) is 0 Å². The summed E-state index contributed by atoms with van der Waals surface area (Å²) in [5.41, 5.74) is 1.99. The largest absolute Gasteiger partial charge is 0.451 e. The van der Waals surface area contributed by atoms with Gasteiger partial charge in [-0.2, -0.15) is 5.10 Å². The second kappa shape index (κ2) is 7.57. The summed E-state index contributed by atoms with van der Waals surface area (Å²) in [5.74, 6) is -2.81. The van der Waals surface area contributed by atoms with Crippen LogP contribution in [0.15, 0.2) is 12.2 Å². The molecule has 0 bridgehead atoms. The second-order valence-corrected chi connectivity index (χ2v) is 7.21. The Morgan fingerprint density at radius 1 is 1.21 bits per heavy atom. The van der Waals surface area contributed by atoms with Gasteiger partial charge in [-0.05, 0) is 33.6 Å². The lowest BCUT2D eigenvalue weighted by Crippen LogP contribution is -2.39. The summed E-state index contributed by atoms with van der Waals surface area (Å²) in [5, 5.41) is 6.91. The van der Waals surface area contributed by atoms with E-state index in [4.69, 9.17) is 4.74 Å². The van der Waals surface area contributed by atoms with E-state index in [1.54, 1.807) is 18.7 Å². The molecule has 1 fully saturated rings. The highest BCUT2D eigenvalue weighted by atomic mass is 16.5. The van der Waals surface area contributed by atoms with Gasteiger partial charge >= 0.3 is 5.97 Å². The Labute approximate surface area is 162 Å². The van der Waals surface area contributed by atoms with Crippen molar-refractivity contribution in [2.45, 2.75) is 39.7 Å². The summed E-state index contributed by atoms with van der Waals surface area (Å²) in [6.45, 7) is 4.53. The maximum Gasteiger partial charge on any atom is 0.326 e.